The van der Waals surface area contributed by atoms with Crippen LogP contribution in [0.1, 0.15) is 44.7 Å². The molecule has 214 valence electrons. The molecule has 40 heavy (non-hydrogen) atoms. The van der Waals surface area contributed by atoms with Crippen LogP contribution in [0.5, 0.6) is 5.75 Å². The topological polar surface area (TPSA) is 96.0 Å². The molecule has 0 bridgehead atoms. The maximum atomic E-state index is 14.1. The van der Waals surface area contributed by atoms with Gasteiger partial charge in [0.25, 0.3) is 10.0 Å². The van der Waals surface area contributed by atoms with E-state index in [0.717, 1.165) is 21.9 Å². The number of benzene rings is 3. The van der Waals surface area contributed by atoms with E-state index < -0.39 is 28.5 Å². The molecule has 9 heteroatoms. The third-order valence-corrected chi connectivity index (χ3v) is 8.62. The molecule has 3 aromatic carbocycles. The number of nitrogens with one attached hydrogen (secondary N) is 1. The summed E-state index contributed by atoms with van der Waals surface area (Å²) in [6.45, 7) is 7.32. The van der Waals surface area contributed by atoms with Gasteiger partial charge in [0, 0.05) is 12.6 Å². The molecule has 0 radical (unpaired) electrons. The fourth-order valence-corrected chi connectivity index (χ4v) is 5.67. The number of aryl methyl sites for hydroxylation is 1. The number of ether oxygens (including phenoxy) is 1. The Bertz CT molecular complexity index is 1360. The van der Waals surface area contributed by atoms with Gasteiger partial charge in [0.2, 0.25) is 11.8 Å². The largest absolute Gasteiger partial charge is 0.497 e. The second-order valence-corrected chi connectivity index (χ2v) is 11.6. The lowest BCUT2D eigenvalue weighted by Gasteiger charge is -2.33. The average Bonchev–Trinajstić information content (AvgIpc) is 2.96. The molecule has 0 aliphatic carbocycles. The molecule has 0 aliphatic heterocycles. The van der Waals surface area contributed by atoms with Crippen LogP contribution in [-0.4, -0.2) is 50.9 Å². The van der Waals surface area contributed by atoms with Gasteiger partial charge in [-0.2, -0.15) is 0 Å². The fraction of sp³-hybridized carbons (Fsp3) is 0.355. The number of hydrogen-bond donors (Lipinski definition) is 1. The summed E-state index contributed by atoms with van der Waals surface area (Å²) in [5, 5.41) is 2.98. The molecular formula is C31H39N3O5S. The highest BCUT2D eigenvalue weighted by molar-refractivity contribution is 7.92. The van der Waals surface area contributed by atoms with Crippen LogP contribution in [0.2, 0.25) is 0 Å². The SMILES string of the molecule is CCC(C)NC(=O)C(CC)N(Cc1ccccc1)C(=O)CN(c1ccc(C)cc1)S(=O)(=O)c1ccc(OC)cc1. The van der Waals surface area contributed by atoms with Crippen molar-refractivity contribution in [3.05, 3.63) is 90.0 Å². The van der Waals surface area contributed by atoms with Gasteiger partial charge in [0.15, 0.2) is 0 Å². The van der Waals surface area contributed by atoms with Gasteiger partial charge < -0.3 is 15.0 Å². The predicted molar refractivity (Wildman–Crippen MR) is 158 cm³/mol. The highest BCUT2D eigenvalue weighted by atomic mass is 32.2. The zero-order valence-corrected chi connectivity index (χ0v) is 24.6. The number of methoxy groups -OCH3 is 1. The van der Waals surface area contributed by atoms with Crippen LogP contribution in [0.4, 0.5) is 5.69 Å². The van der Waals surface area contributed by atoms with Crippen LogP contribution >= 0.6 is 0 Å². The second-order valence-electron chi connectivity index (χ2n) is 9.77. The standard InChI is InChI=1S/C31H39N3O5S/c1-6-24(4)32-31(36)29(7-2)33(21-25-11-9-8-10-12-25)30(35)22-34(26-15-13-23(3)14-16-26)40(37,38)28-19-17-27(39-5)18-20-28/h8-20,24,29H,6-7,21-22H2,1-5H3,(H,32,36). The summed E-state index contributed by atoms with van der Waals surface area (Å²) >= 11 is 0. The summed E-state index contributed by atoms with van der Waals surface area (Å²) in [6, 6.07) is 21.5. The number of hydrogen-bond acceptors (Lipinski definition) is 5. The fourth-order valence-electron chi connectivity index (χ4n) is 4.26. The van der Waals surface area contributed by atoms with Gasteiger partial charge >= 0.3 is 0 Å². The molecule has 2 atom stereocenters. The van der Waals surface area contributed by atoms with Gasteiger partial charge in [-0.1, -0.05) is 61.9 Å². The molecule has 0 saturated heterocycles. The summed E-state index contributed by atoms with van der Waals surface area (Å²) in [5.41, 5.74) is 2.15. The highest BCUT2D eigenvalue weighted by Gasteiger charge is 2.34. The minimum atomic E-state index is -4.14. The molecule has 3 aromatic rings. The van der Waals surface area contributed by atoms with Crippen molar-refractivity contribution >= 4 is 27.5 Å². The monoisotopic (exact) mass is 565 g/mol. The molecule has 0 aromatic heterocycles. The molecule has 0 heterocycles. The van der Waals surface area contributed by atoms with E-state index >= 15 is 0 Å². The van der Waals surface area contributed by atoms with Crippen molar-refractivity contribution in [3.63, 3.8) is 0 Å². The molecular weight excluding hydrogens is 526 g/mol. The van der Waals surface area contributed by atoms with E-state index in [1.165, 1.54) is 24.1 Å². The number of sulfonamides is 1. The van der Waals surface area contributed by atoms with Crippen molar-refractivity contribution in [2.45, 2.75) is 64.1 Å². The molecule has 3 rings (SSSR count). The number of amides is 2. The van der Waals surface area contributed by atoms with Gasteiger partial charge in [-0.05, 0) is 68.7 Å². The smallest absolute Gasteiger partial charge is 0.264 e. The van der Waals surface area contributed by atoms with E-state index in [4.69, 9.17) is 4.74 Å². The first kappa shape index (κ1) is 30.7. The third kappa shape index (κ3) is 7.63. The van der Waals surface area contributed by atoms with Crippen molar-refractivity contribution in [3.8, 4) is 5.75 Å². The first-order valence-electron chi connectivity index (χ1n) is 13.5. The van der Waals surface area contributed by atoms with Gasteiger partial charge in [0.05, 0.1) is 17.7 Å². The molecule has 2 unspecified atom stereocenters. The van der Waals surface area contributed by atoms with Crippen molar-refractivity contribution in [2.75, 3.05) is 18.0 Å². The average molecular weight is 566 g/mol. The predicted octanol–water partition coefficient (Wildman–Crippen LogP) is 4.92. The van der Waals surface area contributed by atoms with Crippen molar-refractivity contribution in [1.82, 2.24) is 10.2 Å². The van der Waals surface area contributed by atoms with Crippen LogP contribution in [0, 0.1) is 6.92 Å². The number of rotatable bonds is 13. The number of carbonyl (C=O) groups is 2. The van der Waals surface area contributed by atoms with Gasteiger partial charge in [0.1, 0.15) is 18.3 Å². The Hall–Kier alpha value is -3.85. The molecule has 0 aliphatic rings. The molecule has 0 saturated carbocycles. The number of anilines is 1. The molecule has 2 amide bonds. The van der Waals surface area contributed by atoms with Crippen LogP contribution in [0.3, 0.4) is 0 Å². The highest BCUT2D eigenvalue weighted by Crippen LogP contribution is 2.26. The van der Waals surface area contributed by atoms with E-state index in [1.807, 2.05) is 58.0 Å². The lowest BCUT2D eigenvalue weighted by molar-refractivity contribution is -0.140. The van der Waals surface area contributed by atoms with Crippen LogP contribution in [0.15, 0.2) is 83.8 Å². The summed E-state index contributed by atoms with van der Waals surface area (Å²) in [4.78, 5) is 28.9. The molecule has 1 N–H and O–H groups in total. The zero-order valence-electron chi connectivity index (χ0n) is 23.8. The second kappa shape index (κ2) is 14.0. The minimum Gasteiger partial charge on any atom is -0.497 e. The Morgan fingerprint density at radius 3 is 2.08 bits per heavy atom. The van der Waals surface area contributed by atoms with Crippen LogP contribution < -0.4 is 14.4 Å². The number of nitrogens with zero attached hydrogens (tertiary/aromatic N) is 2. The number of carbonyl (C=O) groups excluding carboxylic acids is 2. The normalized spacial score (nSPS) is 12.7. The van der Waals surface area contributed by atoms with E-state index in [-0.39, 0.29) is 23.4 Å². The maximum absolute atomic E-state index is 14.1. The van der Waals surface area contributed by atoms with Crippen LogP contribution in [-0.2, 0) is 26.2 Å². The summed E-state index contributed by atoms with van der Waals surface area (Å²) in [7, 11) is -2.64. The lowest BCUT2D eigenvalue weighted by atomic mass is 10.1. The Kier molecular flexibility index (Phi) is 10.7. The van der Waals surface area contributed by atoms with Crippen molar-refractivity contribution in [1.29, 1.82) is 0 Å². The Morgan fingerprint density at radius 1 is 0.900 bits per heavy atom. The minimum absolute atomic E-state index is 0.0258. The first-order chi connectivity index (χ1) is 19.1. The Balaban J connectivity index is 2.04. The Morgan fingerprint density at radius 2 is 1.52 bits per heavy atom. The third-order valence-electron chi connectivity index (χ3n) is 6.83. The van der Waals surface area contributed by atoms with Crippen molar-refractivity contribution in [2.24, 2.45) is 0 Å². The van der Waals surface area contributed by atoms with Crippen LogP contribution in [0.25, 0.3) is 0 Å². The Labute approximate surface area is 238 Å². The van der Waals surface area contributed by atoms with E-state index in [9.17, 15) is 18.0 Å². The lowest BCUT2D eigenvalue weighted by Crippen LogP contribution is -2.53. The summed E-state index contributed by atoms with van der Waals surface area (Å²) in [5.74, 6) is -0.224. The van der Waals surface area contributed by atoms with Crippen molar-refractivity contribution < 1.29 is 22.7 Å². The summed E-state index contributed by atoms with van der Waals surface area (Å²) < 4.78 is 34.1. The first-order valence-corrected chi connectivity index (χ1v) is 14.9. The van der Waals surface area contributed by atoms with Gasteiger partial charge in [-0.3, -0.25) is 13.9 Å². The van der Waals surface area contributed by atoms with Gasteiger partial charge in [-0.25, -0.2) is 8.42 Å². The zero-order chi connectivity index (χ0) is 29.3. The van der Waals surface area contributed by atoms with E-state index in [2.05, 4.69) is 5.32 Å². The molecule has 0 fully saturated rings. The quantitative estimate of drug-likeness (QED) is 0.317. The van der Waals surface area contributed by atoms with E-state index in [0.29, 0.717) is 17.9 Å². The van der Waals surface area contributed by atoms with E-state index in [1.54, 1.807) is 36.4 Å². The molecule has 8 nitrogen and oxygen atoms in total. The molecule has 0 spiro atoms. The summed E-state index contributed by atoms with van der Waals surface area (Å²) in [6.07, 6.45) is 1.12. The van der Waals surface area contributed by atoms with Gasteiger partial charge in [-0.15, -0.1) is 0 Å². The maximum Gasteiger partial charge on any atom is 0.264 e.